The fourth-order valence-corrected chi connectivity index (χ4v) is 3.61. The first-order chi connectivity index (χ1) is 6.54. The highest BCUT2D eigenvalue weighted by molar-refractivity contribution is 8.00. The van der Waals surface area contributed by atoms with Gasteiger partial charge in [0.15, 0.2) is 0 Å². The topological polar surface area (TPSA) is 26.3 Å². The Morgan fingerprint density at radius 3 is 2.64 bits per heavy atom. The molecule has 0 bridgehead atoms. The number of esters is 1. The first-order valence-electron chi connectivity index (χ1n) is 5.37. The van der Waals surface area contributed by atoms with Crippen LogP contribution in [0.2, 0.25) is 0 Å². The van der Waals surface area contributed by atoms with Crippen molar-refractivity contribution >= 4 is 17.7 Å². The van der Waals surface area contributed by atoms with Crippen LogP contribution in [0, 0.1) is 5.92 Å². The predicted molar refractivity (Wildman–Crippen MR) is 60.5 cm³/mol. The number of hydrogen-bond donors (Lipinski definition) is 0. The second-order valence-corrected chi connectivity index (χ2v) is 5.82. The van der Waals surface area contributed by atoms with Gasteiger partial charge in [-0.1, -0.05) is 20.8 Å². The molecule has 0 N–H and O–H groups in total. The molecule has 0 radical (unpaired) electrons. The first kappa shape index (κ1) is 11.9. The van der Waals surface area contributed by atoms with Crippen molar-refractivity contribution in [3.8, 4) is 0 Å². The highest BCUT2D eigenvalue weighted by atomic mass is 32.2. The smallest absolute Gasteiger partial charge is 0.302 e. The van der Waals surface area contributed by atoms with Gasteiger partial charge in [-0.15, -0.1) is 0 Å². The number of carbonyl (C=O) groups excluding carboxylic acids is 1. The lowest BCUT2D eigenvalue weighted by atomic mass is 9.94. The molecule has 14 heavy (non-hydrogen) atoms. The zero-order chi connectivity index (χ0) is 10.7. The zero-order valence-electron chi connectivity index (χ0n) is 9.45. The van der Waals surface area contributed by atoms with Crippen LogP contribution in [0.15, 0.2) is 0 Å². The molecule has 82 valence electrons. The van der Waals surface area contributed by atoms with E-state index in [2.05, 4.69) is 20.8 Å². The minimum Gasteiger partial charge on any atom is -0.462 e. The normalized spacial score (nSPS) is 38.0. The average molecular weight is 216 g/mol. The van der Waals surface area contributed by atoms with Crippen LogP contribution in [0.3, 0.4) is 0 Å². The third kappa shape index (κ3) is 2.91. The van der Waals surface area contributed by atoms with E-state index in [4.69, 9.17) is 4.74 Å². The summed E-state index contributed by atoms with van der Waals surface area (Å²) in [7, 11) is 0. The summed E-state index contributed by atoms with van der Waals surface area (Å²) in [5.41, 5.74) is 0. The Kier molecular flexibility index (Phi) is 4.30. The average Bonchev–Trinajstić information content (AvgIpc) is 2.09. The third-order valence-corrected chi connectivity index (χ3v) is 4.63. The van der Waals surface area contributed by atoms with Gasteiger partial charge in [0, 0.05) is 23.3 Å². The first-order valence-corrected chi connectivity index (χ1v) is 6.31. The maximum Gasteiger partial charge on any atom is 0.302 e. The molecule has 1 fully saturated rings. The maximum absolute atomic E-state index is 10.9. The lowest BCUT2D eigenvalue weighted by Crippen LogP contribution is -2.38. The van der Waals surface area contributed by atoms with Crippen molar-refractivity contribution in [2.75, 3.05) is 0 Å². The monoisotopic (exact) mass is 216 g/mol. The quantitative estimate of drug-likeness (QED) is 0.664. The molecular formula is C11H20O2S. The van der Waals surface area contributed by atoms with Crippen molar-refractivity contribution in [2.45, 2.75) is 57.1 Å². The molecule has 0 amide bonds. The molecule has 0 spiro atoms. The van der Waals surface area contributed by atoms with E-state index in [9.17, 15) is 4.79 Å². The Bertz CT molecular complexity index is 205. The lowest BCUT2D eigenvalue weighted by Gasteiger charge is -2.37. The summed E-state index contributed by atoms with van der Waals surface area (Å²) in [5.74, 6) is 0.348. The van der Waals surface area contributed by atoms with E-state index in [1.54, 1.807) is 0 Å². The molecular weight excluding hydrogens is 196 g/mol. The molecule has 1 saturated heterocycles. The van der Waals surface area contributed by atoms with Crippen LogP contribution in [-0.2, 0) is 9.53 Å². The molecule has 4 unspecified atom stereocenters. The van der Waals surface area contributed by atoms with E-state index >= 15 is 0 Å². The van der Waals surface area contributed by atoms with E-state index in [1.807, 2.05) is 11.8 Å². The minimum absolute atomic E-state index is 0.133. The van der Waals surface area contributed by atoms with Crippen molar-refractivity contribution in [1.29, 1.82) is 0 Å². The molecule has 1 heterocycles. The Balaban J connectivity index is 2.59. The molecule has 0 aliphatic carbocycles. The van der Waals surface area contributed by atoms with Crippen LogP contribution >= 0.6 is 11.8 Å². The van der Waals surface area contributed by atoms with Crippen molar-refractivity contribution in [1.82, 2.24) is 0 Å². The summed E-state index contributed by atoms with van der Waals surface area (Å²) in [6.07, 6.45) is 2.30. The minimum atomic E-state index is -0.143. The van der Waals surface area contributed by atoms with E-state index in [1.165, 1.54) is 6.92 Å². The SMILES string of the molecule is CCC1SC(C)CC(OC(C)=O)C1C. The van der Waals surface area contributed by atoms with Gasteiger partial charge in [0.05, 0.1) is 0 Å². The van der Waals surface area contributed by atoms with Crippen molar-refractivity contribution in [3.63, 3.8) is 0 Å². The maximum atomic E-state index is 10.9. The van der Waals surface area contributed by atoms with Gasteiger partial charge in [-0.25, -0.2) is 0 Å². The van der Waals surface area contributed by atoms with Gasteiger partial charge < -0.3 is 4.74 Å². The van der Waals surface area contributed by atoms with Gasteiger partial charge in [0.1, 0.15) is 6.10 Å². The van der Waals surface area contributed by atoms with Gasteiger partial charge >= 0.3 is 5.97 Å². The van der Waals surface area contributed by atoms with E-state index < -0.39 is 0 Å². The van der Waals surface area contributed by atoms with E-state index in [-0.39, 0.29) is 12.1 Å². The molecule has 1 rings (SSSR count). The van der Waals surface area contributed by atoms with E-state index in [0.717, 1.165) is 12.8 Å². The second-order valence-electron chi connectivity index (χ2n) is 4.14. The summed E-state index contributed by atoms with van der Waals surface area (Å²) < 4.78 is 5.35. The van der Waals surface area contributed by atoms with Crippen LogP contribution in [0.1, 0.15) is 40.5 Å². The molecule has 0 aromatic rings. The van der Waals surface area contributed by atoms with Crippen LogP contribution in [-0.4, -0.2) is 22.6 Å². The van der Waals surface area contributed by atoms with Gasteiger partial charge in [0.25, 0.3) is 0 Å². The standard InChI is InChI=1S/C11H20O2S/c1-5-11-8(3)10(13-9(4)12)6-7(2)14-11/h7-8,10-11H,5-6H2,1-4H3. The Hall–Kier alpha value is -0.180. The van der Waals surface area contributed by atoms with Crippen molar-refractivity contribution in [2.24, 2.45) is 5.92 Å². The summed E-state index contributed by atoms with van der Waals surface area (Å²) >= 11 is 2.03. The van der Waals surface area contributed by atoms with Crippen LogP contribution in [0.5, 0.6) is 0 Å². The Morgan fingerprint density at radius 1 is 1.50 bits per heavy atom. The number of carbonyl (C=O) groups is 1. The molecule has 3 heteroatoms. The van der Waals surface area contributed by atoms with E-state index in [0.29, 0.717) is 16.4 Å². The number of ether oxygens (including phenoxy) is 1. The Morgan fingerprint density at radius 2 is 2.14 bits per heavy atom. The summed E-state index contributed by atoms with van der Waals surface area (Å²) in [5, 5.41) is 1.25. The highest BCUT2D eigenvalue weighted by Crippen LogP contribution is 2.38. The van der Waals surface area contributed by atoms with Gasteiger partial charge in [0.2, 0.25) is 0 Å². The van der Waals surface area contributed by atoms with Crippen LogP contribution in [0.4, 0.5) is 0 Å². The fourth-order valence-electron chi connectivity index (χ4n) is 2.10. The second kappa shape index (κ2) is 5.06. The summed E-state index contributed by atoms with van der Waals surface area (Å²) in [6, 6.07) is 0. The zero-order valence-corrected chi connectivity index (χ0v) is 10.3. The van der Waals surface area contributed by atoms with Crippen LogP contribution in [0.25, 0.3) is 0 Å². The summed E-state index contributed by atoms with van der Waals surface area (Å²) in [6.45, 7) is 8.12. The van der Waals surface area contributed by atoms with Crippen molar-refractivity contribution in [3.05, 3.63) is 0 Å². The van der Waals surface area contributed by atoms with Gasteiger partial charge in [-0.2, -0.15) is 11.8 Å². The highest BCUT2D eigenvalue weighted by Gasteiger charge is 2.34. The molecule has 4 atom stereocenters. The third-order valence-electron chi connectivity index (χ3n) is 2.86. The lowest BCUT2D eigenvalue weighted by molar-refractivity contribution is -0.149. The fraction of sp³-hybridized carbons (Fsp3) is 0.909. The summed E-state index contributed by atoms with van der Waals surface area (Å²) in [4.78, 5) is 10.9. The molecule has 0 aromatic carbocycles. The van der Waals surface area contributed by atoms with Crippen molar-refractivity contribution < 1.29 is 9.53 Å². The number of rotatable bonds is 2. The van der Waals surface area contributed by atoms with Gasteiger partial charge in [-0.3, -0.25) is 4.79 Å². The molecule has 1 aliphatic heterocycles. The number of thioether (sulfide) groups is 1. The predicted octanol–water partition coefficient (Wildman–Crippen LogP) is 2.86. The molecule has 2 nitrogen and oxygen atoms in total. The molecule has 1 aliphatic rings. The largest absolute Gasteiger partial charge is 0.462 e. The van der Waals surface area contributed by atoms with Gasteiger partial charge in [-0.05, 0) is 12.8 Å². The molecule has 0 aromatic heterocycles. The molecule has 0 saturated carbocycles. The van der Waals surface area contributed by atoms with Crippen LogP contribution < -0.4 is 0 Å². The Labute approximate surface area is 90.8 Å². The number of hydrogen-bond acceptors (Lipinski definition) is 3.